The van der Waals surface area contributed by atoms with E-state index in [2.05, 4.69) is 57.6 Å². The highest BCUT2D eigenvalue weighted by Crippen LogP contribution is 2.22. The Hall–Kier alpha value is -2.73. The highest BCUT2D eigenvalue weighted by Gasteiger charge is 2.27. The standard InChI is InChI=1S/C22H27N5O/c1-15-11-19(20-13-23-26(3)21(20)24-15)22(28)25-18-9-10-27(16(2)12-18)14-17-7-5-4-6-8-17/h4-8,11,13,16,18H,9-10,12,14H2,1-3H3,(H,25,28). The van der Waals surface area contributed by atoms with Crippen molar-refractivity contribution in [1.82, 2.24) is 25.0 Å². The number of nitrogens with zero attached hydrogens (tertiary/aromatic N) is 4. The summed E-state index contributed by atoms with van der Waals surface area (Å²) in [5.41, 5.74) is 3.57. The van der Waals surface area contributed by atoms with Gasteiger partial charge in [-0.2, -0.15) is 5.10 Å². The maximum Gasteiger partial charge on any atom is 0.252 e. The van der Waals surface area contributed by atoms with Crippen molar-refractivity contribution in [3.05, 3.63) is 59.4 Å². The number of carbonyl (C=O) groups excluding carboxylic acids is 1. The molecule has 0 aliphatic carbocycles. The second kappa shape index (κ2) is 7.72. The molecule has 1 N–H and O–H groups in total. The lowest BCUT2D eigenvalue weighted by molar-refractivity contribution is 0.0868. The fourth-order valence-electron chi connectivity index (χ4n) is 4.10. The number of pyridine rings is 1. The summed E-state index contributed by atoms with van der Waals surface area (Å²) in [5.74, 6) is -0.0304. The maximum absolute atomic E-state index is 13.0. The number of aryl methyl sites for hydroxylation is 2. The van der Waals surface area contributed by atoms with Gasteiger partial charge in [-0.15, -0.1) is 0 Å². The Kier molecular flexibility index (Phi) is 5.13. The van der Waals surface area contributed by atoms with Crippen LogP contribution < -0.4 is 5.32 Å². The van der Waals surface area contributed by atoms with Crippen molar-refractivity contribution >= 4 is 16.9 Å². The number of hydrogen-bond donors (Lipinski definition) is 1. The van der Waals surface area contributed by atoms with Crippen LogP contribution in [0.2, 0.25) is 0 Å². The third-order valence-corrected chi connectivity index (χ3v) is 5.66. The molecule has 0 radical (unpaired) electrons. The molecule has 0 spiro atoms. The highest BCUT2D eigenvalue weighted by molar-refractivity contribution is 6.05. The van der Waals surface area contributed by atoms with Gasteiger partial charge in [0.2, 0.25) is 0 Å². The van der Waals surface area contributed by atoms with Crippen LogP contribution in [0.15, 0.2) is 42.6 Å². The first kappa shape index (κ1) is 18.6. The molecule has 4 rings (SSSR count). The van der Waals surface area contributed by atoms with Gasteiger partial charge in [0.25, 0.3) is 5.91 Å². The van der Waals surface area contributed by atoms with Gasteiger partial charge in [0, 0.05) is 37.9 Å². The Labute approximate surface area is 165 Å². The summed E-state index contributed by atoms with van der Waals surface area (Å²) < 4.78 is 1.71. The monoisotopic (exact) mass is 377 g/mol. The van der Waals surface area contributed by atoms with Crippen LogP contribution in [0.3, 0.4) is 0 Å². The van der Waals surface area contributed by atoms with Gasteiger partial charge in [-0.1, -0.05) is 30.3 Å². The molecule has 2 unspecified atom stereocenters. The van der Waals surface area contributed by atoms with E-state index in [0.29, 0.717) is 11.6 Å². The number of fused-ring (bicyclic) bond motifs is 1. The van der Waals surface area contributed by atoms with Gasteiger partial charge in [0.1, 0.15) is 0 Å². The first-order valence-electron chi connectivity index (χ1n) is 9.89. The number of amides is 1. The van der Waals surface area contributed by atoms with Gasteiger partial charge < -0.3 is 5.32 Å². The summed E-state index contributed by atoms with van der Waals surface area (Å²) in [6.45, 7) is 6.10. The van der Waals surface area contributed by atoms with Crippen LogP contribution in [0.25, 0.3) is 11.0 Å². The lowest BCUT2D eigenvalue weighted by Crippen LogP contribution is -2.48. The summed E-state index contributed by atoms with van der Waals surface area (Å²) in [5, 5.41) is 8.31. The number of piperidine rings is 1. The summed E-state index contributed by atoms with van der Waals surface area (Å²) in [6.07, 6.45) is 3.64. The largest absolute Gasteiger partial charge is 0.349 e. The fourth-order valence-corrected chi connectivity index (χ4v) is 4.10. The molecule has 0 bridgehead atoms. The number of nitrogens with one attached hydrogen (secondary N) is 1. The summed E-state index contributed by atoms with van der Waals surface area (Å²) in [6, 6.07) is 13.0. The van der Waals surface area contributed by atoms with E-state index in [9.17, 15) is 4.79 Å². The number of likely N-dealkylation sites (tertiary alicyclic amines) is 1. The highest BCUT2D eigenvalue weighted by atomic mass is 16.1. The maximum atomic E-state index is 13.0. The summed E-state index contributed by atoms with van der Waals surface area (Å²) >= 11 is 0. The Balaban J connectivity index is 1.43. The van der Waals surface area contributed by atoms with Gasteiger partial charge in [0.05, 0.1) is 17.1 Å². The van der Waals surface area contributed by atoms with Crippen LogP contribution in [0.5, 0.6) is 0 Å². The molecule has 0 saturated carbocycles. The molecular formula is C22H27N5O. The van der Waals surface area contributed by atoms with Crippen molar-refractivity contribution in [1.29, 1.82) is 0 Å². The predicted molar refractivity (Wildman–Crippen MR) is 110 cm³/mol. The molecule has 1 saturated heterocycles. The second-order valence-corrected chi connectivity index (χ2v) is 7.82. The van der Waals surface area contributed by atoms with Crippen molar-refractivity contribution < 1.29 is 4.79 Å². The second-order valence-electron chi connectivity index (χ2n) is 7.82. The Bertz CT molecular complexity index is 981. The zero-order chi connectivity index (χ0) is 19.7. The molecule has 3 heterocycles. The summed E-state index contributed by atoms with van der Waals surface area (Å²) in [7, 11) is 1.85. The zero-order valence-corrected chi connectivity index (χ0v) is 16.7. The van der Waals surface area contributed by atoms with E-state index in [0.717, 1.165) is 42.7 Å². The van der Waals surface area contributed by atoms with E-state index in [1.54, 1.807) is 10.9 Å². The van der Waals surface area contributed by atoms with Crippen LogP contribution in [0, 0.1) is 6.92 Å². The first-order chi connectivity index (χ1) is 13.5. The minimum atomic E-state index is -0.0304. The SMILES string of the molecule is Cc1cc(C(=O)NC2CCN(Cc3ccccc3)C(C)C2)c2cnn(C)c2n1. The van der Waals surface area contributed by atoms with Crippen LogP contribution >= 0.6 is 0 Å². The third-order valence-electron chi connectivity index (χ3n) is 5.66. The minimum Gasteiger partial charge on any atom is -0.349 e. The topological polar surface area (TPSA) is 63.1 Å². The average molecular weight is 377 g/mol. The molecule has 28 heavy (non-hydrogen) atoms. The first-order valence-corrected chi connectivity index (χ1v) is 9.89. The lowest BCUT2D eigenvalue weighted by atomic mass is 9.97. The van der Waals surface area contributed by atoms with Crippen LogP contribution in [-0.2, 0) is 13.6 Å². The van der Waals surface area contributed by atoms with Crippen LogP contribution in [0.4, 0.5) is 0 Å². The average Bonchev–Trinajstić information content (AvgIpc) is 3.05. The zero-order valence-electron chi connectivity index (χ0n) is 16.7. The quantitative estimate of drug-likeness (QED) is 0.759. The number of aromatic nitrogens is 3. The van der Waals surface area contributed by atoms with Gasteiger partial charge >= 0.3 is 0 Å². The van der Waals surface area contributed by atoms with E-state index in [1.807, 2.05) is 20.0 Å². The van der Waals surface area contributed by atoms with E-state index < -0.39 is 0 Å². The minimum absolute atomic E-state index is 0.0304. The van der Waals surface area contributed by atoms with Gasteiger partial charge in [0.15, 0.2) is 5.65 Å². The summed E-state index contributed by atoms with van der Waals surface area (Å²) in [4.78, 5) is 20.0. The van der Waals surface area contributed by atoms with Gasteiger partial charge in [-0.25, -0.2) is 4.98 Å². The van der Waals surface area contributed by atoms with E-state index >= 15 is 0 Å². The number of hydrogen-bond acceptors (Lipinski definition) is 4. The normalized spacial score (nSPS) is 20.4. The number of benzene rings is 1. The van der Waals surface area contributed by atoms with Crippen molar-refractivity contribution in [2.75, 3.05) is 6.54 Å². The molecule has 6 nitrogen and oxygen atoms in total. The molecule has 6 heteroatoms. The number of rotatable bonds is 4. The molecule has 3 aromatic rings. The van der Waals surface area contributed by atoms with Gasteiger partial charge in [-0.3, -0.25) is 14.4 Å². The Morgan fingerprint density at radius 3 is 2.82 bits per heavy atom. The molecule has 1 aliphatic rings. The van der Waals surface area contributed by atoms with E-state index in [-0.39, 0.29) is 11.9 Å². The van der Waals surface area contributed by atoms with Crippen molar-refractivity contribution in [2.24, 2.45) is 7.05 Å². The van der Waals surface area contributed by atoms with Gasteiger partial charge in [-0.05, 0) is 38.3 Å². The fraction of sp³-hybridized carbons (Fsp3) is 0.409. The van der Waals surface area contributed by atoms with Crippen molar-refractivity contribution in [3.63, 3.8) is 0 Å². The smallest absolute Gasteiger partial charge is 0.252 e. The molecular weight excluding hydrogens is 350 g/mol. The molecule has 146 valence electrons. The van der Waals surface area contributed by atoms with E-state index in [1.165, 1.54) is 5.56 Å². The van der Waals surface area contributed by atoms with Crippen LogP contribution in [0.1, 0.15) is 41.4 Å². The Morgan fingerprint density at radius 1 is 1.29 bits per heavy atom. The van der Waals surface area contributed by atoms with Crippen molar-refractivity contribution in [3.8, 4) is 0 Å². The van der Waals surface area contributed by atoms with E-state index in [4.69, 9.17) is 0 Å². The molecule has 1 aromatic carbocycles. The number of carbonyl (C=O) groups is 1. The molecule has 1 fully saturated rings. The Morgan fingerprint density at radius 2 is 2.07 bits per heavy atom. The molecule has 2 atom stereocenters. The molecule has 1 amide bonds. The molecule has 1 aliphatic heterocycles. The third kappa shape index (κ3) is 3.78. The predicted octanol–water partition coefficient (Wildman–Crippen LogP) is 3.06. The lowest BCUT2D eigenvalue weighted by Gasteiger charge is -2.38. The van der Waals surface area contributed by atoms with Crippen LogP contribution in [-0.4, -0.2) is 44.2 Å². The van der Waals surface area contributed by atoms with Crippen molar-refractivity contribution in [2.45, 2.75) is 45.3 Å². The molecule has 2 aromatic heterocycles.